The van der Waals surface area contributed by atoms with Crippen molar-refractivity contribution >= 4 is 28.4 Å². The van der Waals surface area contributed by atoms with Gasteiger partial charge in [0.2, 0.25) is 0 Å². The Kier molecular flexibility index (Phi) is 6.20. The molecular formula is C27H29F2N3O4. The third kappa shape index (κ3) is 4.11. The fourth-order valence-corrected chi connectivity index (χ4v) is 5.30. The van der Waals surface area contributed by atoms with Crippen LogP contribution >= 0.6 is 0 Å². The van der Waals surface area contributed by atoms with Gasteiger partial charge in [0, 0.05) is 67.7 Å². The van der Waals surface area contributed by atoms with Crippen LogP contribution in [0.4, 0.5) is 20.4 Å². The van der Waals surface area contributed by atoms with Gasteiger partial charge >= 0.3 is 0 Å². The number of morpholine rings is 1. The van der Waals surface area contributed by atoms with Crippen LogP contribution in [0, 0.1) is 11.6 Å². The van der Waals surface area contributed by atoms with Crippen molar-refractivity contribution in [1.82, 2.24) is 4.90 Å². The maximum Gasteiger partial charge on any atom is 0.253 e. The van der Waals surface area contributed by atoms with Crippen LogP contribution in [-0.2, 0) is 11.2 Å². The second-order valence-corrected chi connectivity index (χ2v) is 9.71. The molecule has 2 unspecified atom stereocenters. The predicted molar refractivity (Wildman–Crippen MR) is 134 cm³/mol. The molecule has 2 aliphatic heterocycles. The Bertz CT molecular complexity index is 1400. The Hall–Kier alpha value is -3.46. The number of nitrogens with zero attached hydrogens (tertiary/aromatic N) is 3. The highest BCUT2D eigenvalue weighted by molar-refractivity contribution is 5.98. The summed E-state index contributed by atoms with van der Waals surface area (Å²) in [5.74, 6) is -1.05. The molecule has 0 aliphatic carbocycles. The smallest absolute Gasteiger partial charge is 0.253 e. The monoisotopic (exact) mass is 497 g/mol. The van der Waals surface area contributed by atoms with Crippen LogP contribution < -0.4 is 15.2 Å². The number of hydrogen-bond acceptors (Lipinski definition) is 6. The molecule has 1 fully saturated rings. The van der Waals surface area contributed by atoms with Crippen molar-refractivity contribution in [3.63, 3.8) is 0 Å². The number of hydrogen-bond donors (Lipinski definition) is 0. The predicted octanol–water partition coefficient (Wildman–Crippen LogP) is 4.12. The van der Waals surface area contributed by atoms with E-state index in [1.807, 2.05) is 23.6 Å². The molecule has 1 saturated heterocycles. The first-order chi connectivity index (χ1) is 17.2. The average Bonchev–Trinajstić information content (AvgIpc) is 3.19. The van der Waals surface area contributed by atoms with Crippen LogP contribution in [0.2, 0.25) is 0 Å². The minimum absolute atomic E-state index is 0.135. The quantitative estimate of drug-likeness (QED) is 0.540. The lowest BCUT2D eigenvalue weighted by molar-refractivity contribution is 0.0827. The molecule has 1 aromatic heterocycles. The summed E-state index contributed by atoms with van der Waals surface area (Å²) in [4.78, 5) is 31.5. The Balaban J connectivity index is 1.71. The molecule has 0 bridgehead atoms. The molecule has 2 aromatic carbocycles. The second-order valence-electron chi connectivity index (χ2n) is 9.71. The summed E-state index contributed by atoms with van der Waals surface area (Å²) in [6, 6.07) is 6.39. The third-order valence-corrected chi connectivity index (χ3v) is 7.08. The highest BCUT2D eigenvalue weighted by Gasteiger charge is 2.35. The van der Waals surface area contributed by atoms with Gasteiger partial charge in [-0.05, 0) is 38.5 Å². The summed E-state index contributed by atoms with van der Waals surface area (Å²) in [5.41, 5.74) is 1.98. The molecule has 2 aliphatic rings. The van der Waals surface area contributed by atoms with E-state index in [0.717, 1.165) is 6.07 Å². The van der Waals surface area contributed by atoms with Crippen molar-refractivity contribution in [2.45, 2.75) is 32.4 Å². The van der Waals surface area contributed by atoms with Crippen molar-refractivity contribution in [3.05, 3.63) is 68.9 Å². The van der Waals surface area contributed by atoms with Crippen molar-refractivity contribution < 1.29 is 22.7 Å². The Morgan fingerprint density at radius 1 is 1.11 bits per heavy atom. The Morgan fingerprint density at radius 2 is 1.83 bits per heavy atom. The zero-order chi connectivity index (χ0) is 25.7. The summed E-state index contributed by atoms with van der Waals surface area (Å²) in [7, 11) is 3.29. The van der Waals surface area contributed by atoms with Gasteiger partial charge in [-0.2, -0.15) is 0 Å². The molecule has 0 radical (unpaired) electrons. The first kappa shape index (κ1) is 24.2. The van der Waals surface area contributed by atoms with E-state index in [1.165, 1.54) is 17.0 Å². The van der Waals surface area contributed by atoms with Crippen molar-refractivity contribution in [3.8, 4) is 0 Å². The maximum atomic E-state index is 14.6. The van der Waals surface area contributed by atoms with E-state index in [-0.39, 0.29) is 17.4 Å². The second kappa shape index (κ2) is 9.20. The molecule has 0 N–H and O–H groups in total. The number of anilines is 2. The molecule has 3 aromatic rings. The van der Waals surface area contributed by atoms with E-state index in [2.05, 4.69) is 0 Å². The van der Waals surface area contributed by atoms with Gasteiger partial charge in [-0.1, -0.05) is 0 Å². The standard InChI is InChI=1S/C27H29F2N3O4/c1-15-9-20-22(29)12-18(28)13-23(20)32(15)16(2)19-10-17(27(34)30(3)4)11-21-24(33)14-25(36-26(19)21)31-5-7-35-8-6-31/h10-16H,5-9H2,1-4H3. The van der Waals surface area contributed by atoms with Gasteiger partial charge in [0.15, 0.2) is 11.3 Å². The van der Waals surface area contributed by atoms with Crippen LogP contribution in [0.3, 0.4) is 0 Å². The van der Waals surface area contributed by atoms with Gasteiger partial charge in [-0.25, -0.2) is 8.78 Å². The van der Waals surface area contributed by atoms with E-state index in [0.29, 0.717) is 72.0 Å². The SMILES string of the molecule is CC1Cc2c(F)cc(F)cc2N1C(C)c1cc(C(=O)N(C)C)cc2c(=O)cc(N3CCOCC3)oc12. The molecule has 3 heterocycles. The number of amides is 1. The first-order valence-electron chi connectivity index (χ1n) is 12.1. The molecule has 1 amide bonds. The summed E-state index contributed by atoms with van der Waals surface area (Å²) in [6.45, 7) is 6.08. The minimum Gasteiger partial charge on any atom is -0.440 e. The summed E-state index contributed by atoms with van der Waals surface area (Å²) in [6.07, 6.45) is 0.420. The van der Waals surface area contributed by atoms with Crippen LogP contribution in [0.1, 0.15) is 41.4 Å². The van der Waals surface area contributed by atoms with Crippen LogP contribution in [0.15, 0.2) is 39.5 Å². The van der Waals surface area contributed by atoms with Gasteiger partial charge in [-0.3, -0.25) is 9.59 Å². The lowest BCUT2D eigenvalue weighted by atomic mass is 9.98. The number of benzene rings is 2. The number of halogens is 2. The molecule has 190 valence electrons. The van der Waals surface area contributed by atoms with Crippen molar-refractivity contribution in [2.75, 3.05) is 50.2 Å². The summed E-state index contributed by atoms with van der Waals surface area (Å²) in [5, 5.41) is 0.291. The fourth-order valence-electron chi connectivity index (χ4n) is 5.30. The Labute approximate surface area is 207 Å². The molecule has 2 atom stereocenters. The van der Waals surface area contributed by atoms with Crippen LogP contribution in [0.5, 0.6) is 0 Å². The van der Waals surface area contributed by atoms with E-state index < -0.39 is 17.7 Å². The zero-order valence-electron chi connectivity index (χ0n) is 20.8. The van der Waals surface area contributed by atoms with E-state index in [4.69, 9.17) is 9.15 Å². The number of carbonyl (C=O) groups is 1. The molecular weight excluding hydrogens is 468 g/mol. The molecule has 0 spiro atoms. The molecule has 0 saturated carbocycles. The molecule has 9 heteroatoms. The third-order valence-electron chi connectivity index (χ3n) is 7.08. The Morgan fingerprint density at radius 3 is 2.53 bits per heavy atom. The number of ether oxygens (including phenoxy) is 1. The van der Waals surface area contributed by atoms with E-state index in [1.54, 1.807) is 26.2 Å². The minimum atomic E-state index is -0.653. The highest BCUT2D eigenvalue weighted by Crippen LogP contribution is 2.42. The van der Waals surface area contributed by atoms with Gasteiger partial charge in [-0.15, -0.1) is 0 Å². The van der Waals surface area contributed by atoms with Gasteiger partial charge in [0.05, 0.1) is 24.6 Å². The van der Waals surface area contributed by atoms with Gasteiger partial charge in [0.25, 0.3) is 5.91 Å². The maximum absolute atomic E-state index is 14.6. The number of fused-ring (bicyclic) bond motifs is 2. The molecule has 5 rings (SSSR count). The first-order valence-corrected chi connectivity index (χ1v) is 12.1. The fraction of sp³-hybridized carbons (Fsp3) is 0.407. The topological polar surface area (TPSA) is 66.2 Å². The average molecular weight is 498 g/mol. The highest BCUT2D eigenvalue weighted by atomic mass is 19.1. The van der Waals surface area contributed by atoms with Crippen molar-refractivity contribution in [2.24, 2.45) is 0 Å². The lowest BCUT2D eigenvalue weighted by Crippen LogP contribution is -2.36. The van der Waals surface area contributed by atoms with Crippen molar-refractivity contribution in [1.29, 1.82) is 0 Å². The van der Waals surface area contributed by atoms with Crippen LogP contribution in [0.25, 0.3) is 11.0 Å². The van der Waals surface area contributed by atoms with E-state index >= 15 is 0 Å². The van der Waals surface area contributed by atoms with Gasteiger partial charge < -0.3 is 23.9 Å². The number of carbonyl (C=O) groups excluding carboxylic acids is 1. The van der Waals surface area contributed by atoms with E-state index in [9.17, 15) is 18.4 Å². The largest absolute Gasteiger partial charge is 0.440 e. The van der Waals surface area contributed by atoms with Gasteiger partial charge in [0.1, 0.15) is 17.2 Å². The lowest BCUT2D eigenvalue weighted by Gasteiger charge is -2.33. The summed E-state index contributed by atoms with van der Waals surface area (Å²) < 4.78 is 40.6. The number of rotatable bonds is 4. The van der Waals surface area contributed by atoms with Crippen LogP contribution in [-0.4, -0.2) is 57.2 Å². The summed E-state index contributed by atoms with van der Waals surface area (Å²) >= 11 is 0. The molecule has 7 nitrogen and oxygen atoms in total. The zero-order valence-corrected chi connectivity index (χ0v) is 20.8. The molecule has 36 heavy (non-hydrogen) atoms. The normalized spacial score (nSPS) is 18.4.